The molecule has 1 atom stereocenters. The number of hydrogen-bond acceptors (Lipinski definition) is 2. The highest BCUT2D eigenvalue weighted by molar-refractivity contribution is 5.66. The van der Waals surface area contributed by atoms with Crippen LogP contribution in [0.1, 0.15) is 24.0 Å². The fraction of sp³-hybridized carbons (Fsp3) is 0.385. The molecule has 0 saturated carbocycles. The number of carboxylic acids is 1. The number of aryl methyl sites for hydroxylation is 1. The number of aliphatic carboxylic acids is 1. The van der Waals surface area contributed by atoms with Crippen molar-refractivity contribution in [2.75, 3.05) is 0 Å². The van der Waals surface area contributed by atoms with Crippen LogP contribution < -0.4 is 5.32 Å². The van der Waals surface area contributed by atoms with E-state index in [2.05, 4.69) is 5.32 Å². The largest absolute Gasteiger partial charge is 0.481 e. The summed E-state index contributed by atoms with van der Waals surface area (Å²) in [5, 5.41) is 11.2. The standard InChI is InChI=1S/C13H16FNO3/c1-9-2-3-11(14)6-10(9)7-12(15-8-16)4-5-13(17)18/h2-3,6,8,12H,4-5,7H2,1H3,(H,15,16)(H,17,18). The monoisotopic (exact) mass is 253 g/mol. The van der Waals surface area contributed by atoms with Gasteiger partial charge in [0.05, 0.1) is 0 Å². The van der Waals surface area contributed by atoms with Crippen molar-refractivity contribution in [2.24, 2.45) is 0 Å². The highest BCUT2D eigenvalue weighted by Gasteiger charge is 2.12. The average Bonchev–Trinajstić information content (AvgIpc) is 2.31. The summed E-state index contributed by atoms with van der Waals surface area (Å²) in [6.45, 7) is 1.85. The van der Waals surface area contributed by atoms with Crippen LogP contribution in [0.4, 0.5) is 4.39 Å². The molecule has 5 heteroatoms. The Balaban J connectivity index is 2.72. The maximum absolute atomic E-state index is 13.1. The predicted octanol–water partition coefficient (Wildman–Crippen LogP) is 1.66. The van der Waals surface area contributed by atoms with Gasteiger partial charge >= 0.3 is 5.97 Å². The van der Waals surface area contributed by atoms with Crippen LogP contribution in [0.3, 0.4) is 0 Å². The van der Waals surface area contributed by atoms with Crippen molar-refractivity contribution in [3.63, 3.8) is 0 Å². The minimum atomic E-state index is -0.913. The minimum absolute atomic E-state index is 0.0279. The van der Waals surface area contributed by atoms with Crippen LogP contribution in [0.2, 0.25) is 0 Å². The zero-order valence-corrected chi connectivity index (χ0v) is 10.1. The molecule has 0 bridgehead atoms. The van der Waals surface area contributed by atoms with Crippen LogP contribution in [0, 0.1) is 12.7 Å². The lowest BCUT2D eigenvalue weighted by molar-refractivity contribution is -0.137. The first-order valence-electron chi connectivity index (χ1n) is 5.69. The number of benzene rings is 1. The van der Waals surface area contributed by atoms with E-state index < -0.39 is 5.97 Å². The van der Waals surface area contributed by atoms with Crippen molar-refractivity contribution in [1.82, 2.24) is 5.32 Å². The van der Waals surface area contributed by atoms with E-state index in [1.165, 1.54) is 12.1 Å². The zero-order chi connectivity index (χ0) is 13.5. The summed E-state index contributed by atoms with van der Waals surface area (Å²) >= 11 is 0. The number of hydrogen-bond donors (Lipinski definition) is 2. The van der Waals surface area contributed by atoms with E-state index in [1.807, 2.05) is 6.92 Å². The Bertz CT molecular complexity index is 434. The Morgan fingerprint density at radius 1 is 1.56 bits per heavy atom. The second-order valence-corrected chi connectivity index (χ2v) is 4.19. The Morgan fingerprint density at radius 3 is 2.89 bits per heavy atom. The molecule has 0 spiro atoms. The molecule has 4 nitrogen and oxygen atoms in total. The molecule has 1 unspecified atom stereocenters. The lowest BCUT2D eigenvalue weighted by atomic mass is 9.98. The average molecular weight is 253 g/mol. The Kier molecular flexibility index (Phi) is 5.30. The van der Waals surface area contributed by atoms with Gasteiger partial charge in [0.1, 0.15) is 5.82 Å². The third-order valence-electron chi connectivity index (χ3n) is 2.79. The van der Waals surface area contributed by atoms with Gasteiger partial charge in [0.15, 0.2) is 0 Å². The molecule has 0 aliphatic carbocycles. The van der Waals surface area contributed by atoms with E-state index in [-0.39, 0.29) is 18.3 Å². The summed E-state index contributed by atoms with van der Waals surface area (Å²) in [5.74, 6) is -1.25. The summed E-state index contributed by atoms with van der Waals surface area (Å²) < 4.78 is 13.1. The number of amides is 1. The summed E-state index contributed by atoms with van der Waals surface area (Å²) in [4.78, 5) is 21.0. The first-order valence-corrected chi connectivity index (χ1v) is 5.69. The highest BCUT2D eigenvalue weighted by atomic mass is 19.1. The number of halogens is 1. The molecule has 0 radical (unpaired) electrons. The molecule has 1 aromatic carbocycles. The quantitative estimate of drug-likeness (QED) is 0.726. The molecule has 1 rings (SSSR count). The first kappa shape index (κ1) is 14.2. The normalized spacial score (nSPS) is 11.9. The van der Waals surface area contributed by atoms with E-state index in [1.54, 1.807) is 6.07 Å². The summed E-state index contributed by atoms with van der Waals surface area (Å²) in [7, 11) is 0. The molecule has 1 aromatic rings. The van der Waals surface area contributed by atoms with Crippen LogP contribution in [-0.4, -0.2) is 23.5 Å². The van der Waals surface area contributed by atoms with Gasteiger partial charge in [-0.05, 0) is 43.0 Å². The molecule has 0 aliphatic heterocycles. The molecule has 0 saturated heterocycles. The van der Waals surface area contributed by atoms with Crippen LogP contribution in [0.25, 0.3) is 0 Å². The van der Waals surface area contributed by atoms with Crippen LogP contribution >= 0.6 is 0 Å². The first-order chi connectivity index (χ1) is 8.52. The van der Waals surface area contributed by atoms with Gasteiger partial charge in [-0.2, -0.15) is 0 Å². The van der Waals surface area contributed by atoms with Gasteiger partial charge in [0.25, 0.3) is 0 Å². The second-order valence-electron chi connectivity index (χ2n) is 4.19. The smallest absolute Gasteiger partial charge is 0.303 e. The van der Waals surface area contributed by atoms with Crippen molar-refractivity contribution >= 4 is 12.4 Å². The Labute approximate surface area is 105 Å². The molecule has 0 heterocycles. The van der Waals surface area contributed by atoms with E-state index in [0.717, 1.165) is 11.1 Å². The van der Waals surface area contributed by atoms with Gasteiger partial charge < -0.3 is 10.4 Å². The third-order valence-corrected chi connectivity index (χ3v) is 2.79. The summed E-state index contributed by atoms with van der Waals surface area (Å²) in [6.07, 6.45) is 1.26. The van der Waals surface area contributed by atoms with Gasteiger partial charge in [0.2, 0.25) is 6.41 Å². The highest BCUT2D eigenvalue weighted by Crippen LogP contribution is 2.14. The Morgan fingerprint density at radius 2 is 2.28 bits per heavy atom. The molecule has 2 N–H and O–H groups in total. The molecular weight excluding hydrogens is 237 g/mol. The zero-order valence-electron chi connectivity index (χ0n) is 10.1. The van der Waals surface area contributed by atoms with Gasteiger partial charge in [-0.25, -0.2) is 4.39 Å². The van der Waals surface area contributed by atoms with Crippen molar-refractivity contribution in [3.05, 3.63) is 35.1 Å². The number of nitrogens with one attached hydrogen (secondary N) is 1. The molecule has 1 amide bonds. The molecule has 0 aliphatic rings. The lowest BCUT2D eigenvalue weighted by Crippen LogP contribution is -2.30. The predicted molar refractivity (Wildman–Crippen MR) is 64.7 cm³/mol. The van der Waals surface area contributed by atoms with Crippen LogP contribution in [0.15, 0.2) is 18.2 Å². The second kappa shape index (κ2) is 6.74. The maximum Gasteiger partial charge on any atom is 0.303 e. The van der Waals surface area contributed by atoms with Crippen molar-refractivity contribution in [3.8, 4) is 0 Å². The van der Waals surface area contributed by atoms with Gasteiger partial charge in [-0.1, -0.05) is 6.07 Å². The molecule has 0 aromatic heterocycles. The number of carboxylic acid groups (broad SMARTS) is 1. The minimum Gasteiger partial charge on any atom is -0.481 e. The SMILES string of the molecule is Cc1ccc(F)cc1CC(CCC(=O)O)NC=O. The van der Waals surface area contributed by atoms with E-state index >= 15 is 0 Å². The number of carbonyl (C=O) groups excluding carboxylic acids is 1. The number of carbonyl (C=O) groups is 2. The van der Waals surface area contributed by atoms with Crippen LogP contribution in [-0.2, 0) is 16.0 Å². The van der Waals surface area contributed by atoms with Gasteiger partial charge in [-0.15, -0.1) is 0 Å². The van der Waals surface area contributed by atoms with Gasteiger partial charge in [0, 0.05) is 12.5 Å². The molecule has 18 heavy (non-hydrogen) atoms. The fourth-order valence-electron chi connectivity index (χ4n) is 1.76. The maximum atomic E-state index is 13.1. The molecule has 0 fully saturated rings. The number of rotatable bonds is 7. The summed E-state index contributed by atoms with van der Waals surface area (Å²) in [5.41, 5.74) is 1.70. The third kappa shape index (κ3) is 4.53. The summed E-state index contributed by atoms with van der Waals surface area (Å²) in [6, 6.07) is 4.16. The van der Waals surface area contributed by atoms with Gasteiger partial charge in [-0.3, -0.25) is 9.59 Å². The molecular formula is C13H16FNO3. The topological polar surface area (TPSA) is 66.4 Å². The van der Waals surface area contributed by atoms with Crippen molar-refractivity contribution < 1.29 is 19.1 Å². The van der Waals surface area contributed by atoms with E-state index in [4.69, 9.17) is 5.11 Å². The molecule has 98 valence electrons. The van der Waals surface area contributed by atoms with E-state index in [9.17, 15) is 14.0 Å². The van der Waals surface area contributed by atoms with Crippen LogP contribution in [0.5, 0.6) is 0 Å². The van der Waals surface area contributed by atoms with E-state index in [0.29, 0.717) is 19.3 Å². The Hall–Kier alpha value is -1.91. The van der Waals surface area contributed by atoms with Crippen molar-refractivity contribution in [2.45, 2.75) is 32.2 Å². The lowest BCUT2D eigenvalue weighted by Gasteiger charge is -2.16. The fourth-order valence-corrected chi connectivity index (χ4v) is 1.76. The van der Waals surface area contributed by atoms with Crippen molar-refractivity contribution in [1.29, 1.82) is 0 Å².